The molecule has 1 saturated heterocycles. The summed E-state index contributed by atoms with van der Waals surface area (Å²) in [5.41, 5.74) is 0.0181. The van der Waals surface area contributed by atoms with Crippen LogP contribution in [0.4, 0.5) is 18.0 Å². The number of nitrogens with zero attached hydrogens (tertiary/aromatic N) is 1. The Labute approximate surface area is 185 Å². The maximum Gasteiger partial charge on any atom is 0.407 e. The van der Waals surface area contributed by atoms with Crippen molar-refractivity contribution in [2.24, 2.45) is 0 Å². The van der Waals surface area contributed by atoms with E-state index in [4.69, 9.17) is 4.74 Å². The zero-order valence-electron chi connectivity index (χ0n) is 18.3. The summed E-state index contributed by atoms with van der Waals surface area (Å²) in [5, 5.41) is 2.72. The topological polar surface area (TPSA) is 58.6 Å². The Bertz CT molecular complexity index is 982. The number of likely N-dealkylation sites (tertiary alicyclic amines) is 1. The van der Waals surface area contributed by atoms with Crippen molar-refractivity contribution in [3.8, 4) is 0 Å². The number of alkyl carbamates (subject to hydrolysis) is 1. The van der Waals surface area contributed by atoms with E-state index in [0.717, 1.165) is 11.6 Å². The first-order valence-corrected chi connectivity index (χ1v) is 10.5. The van der Waals surface area contributed by atoms with E-state index in [-0.39, 0.29) is 24.4 Å². The van der Waals surface area contributed by atoms with Crippen molar-refractivity contribution in [2.75, 3.05) is 6.54 Å². The fourth-order valence-electron chi connectivity index (χ4n) is 3.68. The van der Waals surface area contributed by atoms with Gasteiger partial charge in [0.05, 0.1) is 6.04 Å². The summed E-state index contributed by atoms with van der Waals surface area (Å²) in [6.45, 7) is 5.75. The first-order valence-electron chi connectivity index (χ1n) is 10.5. The molecule has 2 atom stereocenters. The van der Waals surface area contributed by atoms with Crippen LogP contribution in [0.15, 0.2) is 42.5 Å². The number of benzene rings is 2. The lowest BCUT2D eigenvalue weighted by Gasteiger charge is -2.39. The summed E-state index contributed by atoms with van der Waals surface area (Å²) in [6.07, 6.45) is -0.314. The monoisotopic (exact) mass is 448 g/mol. The van der Waals surface area contributed by atoms with Crippen LogP contribution in [0.25, 0.3) is 0 Å². The minimum Gasteiger partial charge on any atom is -0.444 e. The molecule has 1 heterocycles. The van der Waals surface area contributed by atoms with Crippen molar-refractivity contribution in [1.29, 1.82) is 0 Å². The third-order valence-corrected chi connectivity index (χ3v) is 5.83. The number of amides is 2. The van der Waals surface area contributed by atoms with Crippen LogP contribution in [0.5, 0.6) is 0 Å². The van der Waals surface area contributed by atoms with Gasteiger partial charge in [0.25, 0.3) is 0 Å². The van der Waals surface area contributed by atoms with Crippen LogP contribution in [-0.2, 0) is 16.1 Å². The highest BCUT2D eigenvalue weighted by Crippen LogP contribution is 2.33. The molecule has 32 heavy (non-hydrogen) atoms. The van der Waals surface area contributed by atoms with Gasteiger partial charge in [-0.25, -0.2) is 18.0 Å². The molecule has 1 aliphatic heterocycles. The summed E-state index contributed by atoms with van der Waals surface area (Å²) >= 11 is 0. The Morgan fingerprint density at radius 2 is 1.78 bits per heavy atom. The molecule has 0 aliphatic carbocycles. The average molecular weight is 448 g/mol. The number of hydrogen-bond acceptors (Lipinski definition) is 3. The SMILES string of the molecule is CCC(C)(C)OC(=O)N[C@@H]1CN(Cc2ccccc2)C(=O)C[C@H]1c1cc(F)c(F)cc1F. The first kappa shape index (κ1) is 23.6. The molecular formula is C24H27F3N2O3. The van der Waals surface area contributed by atoms with Crippen LogP contribution in [0.1, 0.15) is 50.7 Å². The number of halogens is 3. The Hall–Kier alpha value is -3.03. The van der Waals surface area contributed by atoms with Crippen molar-refractivity contribution in [1.82, 2.24) is 10.2 Å². The van der Waals surface area contributed by atoms with Gasteiger partial charge in [-0.1, -0.05) is 37.3 Å². The van der Waals surface area contributed by atoms with E-state index in [1.807, 2.05) is 37.3 Å². The molecule has 0 radical (unpaired) electrons. The van der Waals surface area contributed by atoms with Crippen LogP contribution in [0, 0.1) is 17.5 Å². The van der Waals surface area contributed by atoms with Crippen molar-refractivity contribution < 1.29 is 27.5 Å². The molecule has 2 amide bonds. The zero-order valence-corrected chi connectivity index (χ0v) is 18.3. The molecular weight excluding hydrogens is 421 g/mol. The number of nitrogens with one attached hydrogen (secondary N) is 1. The fraction of sp³-hybridized carbons (Fsp3) is 0.417. The molecule has 0 bridgehead atoms. The summed E-state index contributed by atoms with van der Waals surface area (Å²) in [5.74, 6) is -4.64. The van der Waals surface area contributed by atoms with Gasteiger partial charge in [0, 0.05) is 31.5 Å². The van der Waals surface area contributed by atoms with Crippen molar-refractivity contribution >= 4 is 12.0 Å². The predicted molar refractivity (Wildman–Crippen MR) is 113 cm³/mol. The minimum absolute atomic E-state index is 0.0679. The zero-order chi connectivity index (χ0) is 23.5. The van der Waals surface area contributed by atoms with Crippen LogP contribution < -0.4 is 5.32 Å². The van der Waals surface area contributed by atoms with Gasteiger partial charge in [0.15, 0.2) is 11.6 Å². The highest BCUT2D eigenvalue weighted by Gasteiger charge is 2.38. The Morgan fingerprint density at radius 1 is 1.12 bits per heavy atom. The van der Waals surface area contributed by atoms with Gasteiger partial charge in [0.2, 0.25) is 5.91 Å². The van der Waals surface area contributed by atoms with E-state index in [9.17, 15) is 22.8 Å². The molecule has 1 N–H and O–H groups in total. The summed E-state index contributed by atoms with van der Waals surface area (Å²) in [7, 11) is 0. The lowest BCUT2D eigenvalue weighted by atomic mass is 9.84. The van der Waals surface area contributed by atoms with Gasteiger partial charge in [0.1, 0.15) is 11.4 Å². The first-order chi connectivity index (χ1) is 15.1. The minimum atomic E-state index is -1.31. The smallest absolute Gasteiger partial charge is 0.407 e. The maximum absolute atomic E-state index is 14.5. The van der Waals surface area contributed by atoms with Crippen molar-refractivity contribution in [2.45, 2.75) is 57.7 Å². The van der Waals surface area contributed by atoms with Crippen LogP contribution in [0.2, 0.25) is 0 Å². The van der Waals surface area contributed by atoms with Crippen molar-refractivity contribution in [3.63, 3.8) is 0 Å². The normalized spacial score (nSPS) is 19.1. The van der Waals surface area contributed by atoms with E-state index in [0.29, 0.717) is 19.0 Å². The third-order valence-electron chi connectivity index (χ3n) is 5.83. The summed E-state index contributed by atoms with van der Waals surface area (Å²) in [6, 6.07) is 9.76. The summed E-state index contributed by atoms with van der Waals surface area (Å²) < 4.78 is 47.3. The van der Waals surface area contributed by atoms with Gasteiger partial charge >= 0.3 is 6.09 Å². The quantitative estimate of drug-likeness (QED) is 0.640. The molecule has 2 aromatic rings. The van der Waals surface area contributed by atoms with Gasteiger partial charge in [-0.2, -0.15) is 0 Å². The molecule has 2 aromatic carbocycles. The number of carbonyl (C=O) groups is 2. The number of ether oxygens (including phenoxy) is 1. The number of rotatable bonds is 6. The van der Waals surface area contributed by atoms with Crippen LogP contribution in [0.3, 0.4) is 0 Å². The maximum atomic E-state index is 14.5. The Balaban J connectivity index is 1.88. The number of piperidine rings is 1. The fourth-order valence-corrected chi connectivity index (χ4v) is 3.68. The Kier molecular flexibility index (Phi) is 7.11. The number of hydrogen-bond donors (Lipinski definition) is 1. The highest BCUT2D eigenvalue weighted by molar-refractivity contribution is 5.79. The lowest BCUT2D eigenvalue weighted by Crippen LogP contribution is -2.54. The van der Waals surface area contributed by atoms with E-state index in [1.165, 1.54) is 0 Å². The molecule has 172 valence electrons. The van der Waals surface area contributed by atoms with Gasteiger partial charge in [-0.15, -0.1) is 0 Å². The molecule has 0 saturated carbocycles. The van der Waals surface area contributed by atoms with Gasteiger partial charge in [-0.3, -0.25) is 4.79 Å². The highest BCUT2D eigenvalue weighted by atomic mass is 19.2. The average Bonchev–Trinajstić information content (AvgIpc) is 2.73. The van der Waals surface area contributed by atoms with Crippen LogP contribution in [-0.4, -0.2) is 35.1 Å². The molecule has 1 aliphatic rings. The van der Waals surface area contributed by atoms with Gasteiger partial charge in [-0.05, 0) is 37.5 Å². The van der Waals surface area contributed by atoms with E-state index >= 15 is 0 Å². The molecule has 5 nitrogen and oxygen atoms in total. The standard InChI is InChI=1S/C24H27F3N2O3/c1-4-24(2,3)32-23(31)28-21-14-29(13-15-8-6-5-7-9-15)22(30)11-17(21)16-10-19(26)20(27)12-18(16)25/h5-10,12,17,21H,4,11,13-14H2,1-3H3,(H,28,31)/t17-,21+/m0/s1. The largest absolute Gasteiger partial charge is 0.444 e. The summed E-state index contributed by atoms with van der Waals surface area (Å²) in [4.78, 5) is 26.9. The molecule has 8 heteroatoms. The second-order valence-electron chi connectivity index (χ2n) is 8.61. The molecule has 0 aromatic heterocycles. The Morgan fingerprint density at radius 3 is 2.44 bits per heavy atom. The second kappa shape index (κ2) is 9.63. The van der Waals surface area contributed by atoms with E-state index < -0.39 is 41.1 Å². The molecule has 0 unspecified atom stereocenters. The van der Waals surface area contributed by atoms with E-state index in [2.05, 4.69) is 5.32 Å². The predicted octanol–water partition coefficient (Wildman–Crippen LogP) is 4.90. The van der Waals surface area contributed by atoms with Crippen LogP contribution >= 0.6 is 0 Å². The lowest BCUT2D eigenvalue weighted by molar-refractivity contribution is -0.135. The molecule has 0 spiro atoms. The van der Waals surface area contributed by atoms with Crippen molar-refractivity contribution in [3.05, 3.63) is 71.0 Å². The molecule has 1 fully saturated rings. The van der Waals surface area contributed by atoms with Gasteiger partial charge < -0.3 is 15.0 Å². The van der Waals surface area contributed by atoms with E-state index in [1.54, 1.807) is 18.7 Å². The second-order valence-corrected chi connectivity index (χ2v) is 8.61. The third kappa shape index (κ3) is 5.60. The number of carbonyl (C=O) groups excluding carboxylic acids is 2. The molecule has 3 rings (SSSR count).